The summed E-state index contributed by atoms with van der Waals surface area (Å²) >= 11 is 0. The second-order valence-corrected chi connectivity index (χ2v) is 3.22. The topological polar surface area (TPSA) is 12.0 Å². The first-order valence-corrected chi connectivity index (χ1v) is 4.68. The smallest absolute Gasteiger partial charge is 0.0131 e. The molecule has 1 rings (SSSR count). The summed E-state index contributed by atoms with van der Waals surface area (Å²) in [4.78, 5) is 0. The van der Waals surface area contributed by atoms with Gasteiger partial charge >= 0.3 is 0 Å². The first-order valence-electron chi connectivity index (χ1n) is 4.68. The van der Waals surface area contributed by atoms with Gasteiger partial charge in [0.05, 0.1) is 0 Å². The standard InChI is InChI=1S/C12H17N/c1-11-6-5-8-12(10-11)7-3-4-9-13-2/h3-6,8,10,13H,7,9H2,1-2H3/b4-3-. The molecule has 70 valence electrons. The fourth-order valence-electron chi connectivity index (χ4n) is 1.26. The highest BCUT2D eigenvalue weighted by molar-refractivity contribution is 5.23. The molecule has 0 radical (unpaired) electrons. The van der Waals surface area contributed by atoms with E-state index in [1.807, 2.05) is 7.05 Å². The summed E-state index contributed by atoms with van der Waals surface area (Å²) in [7, 11) is 1.96. The third-order valence-electron chi connectivity index (χ3n) is 1.92. The Kier molecular flexibility index (Phi) is 4.27. The van der Waals surface area contributed by atoms with Crippen LogP contribution in [0.1, 0.15) is 11.1 Å². The molecule has 0 fully saturated rings. The summed E-state index contributed by atoms with van der Waals surface area (Å²) in [6.45, 7) is 3.08. The lowest BCUT2D eigenvalue weighted by molar-refractivity contribution is 0.916. The number of benzene rings is 1. The third kappa shape index (κ3) is 3.90. The zero-order chi connectivity index (χ0) is 9.52. The molecule has 0 aliphatic heterocycles. The zero-order valence-electron chi connectivity index (χ0n) is 8.38. The van der Waals surface area contributed by atoms with Gasteiger partial charge < -0.3 is 5.32 Å². The van der Waals surface area contributed by atoms with Gasteiger partial charge in [0.2, 0.25) is 0 Å². The van der Waals surface area contributed by atoms with E-state index >= 15 is 0 Å². The molecule has 1 nitrogen and oxygen atoms in total. The maximum Gasteiger partial charge on any atom is 0.0131 e. The van der Waals surface area contributed by atoms with Crippen molar-refractivity contribution in [1.29, 1.82) is 0 Å². The van der Waals surface area contributed by atoms with E-state index in [-0.39, 0.29) is 0 Å². The fourth-order valence-corrected chi connectivity index (χ4v) is 1.26. The molecule has 0 atom stereocenters. The molecule has 0 aliphatic rings. The largest absolute Gasteiger partial charge is 0.316 e. The van der Waals surface area contributed by atoms with Gasteiger partial charge in [0.15, 0.2) is 0 Å². The minimum Gasteiger partial charge on any atom is -0.316 e. The van der Waals surface area contributed by atoms with Crippen molar-refractivity contribution in [2.24, 2.45) is 0 Å². The van der Waals surface area contributed by atoms with Crippen molar-refractivity contribution in [2.75, 3.05) is 13.6 Å². The van der Waals surface area contributed by atoms with Crippen molar-refractivity contribution in [3.63, 3.8) is 0 Å². The van der Waals surface area contributed by atoms with Gasteiger partial charge in [-0.2, -0.15) is 0 Å². The van der Waals surface area contributed by atoms with Gasteiger partial charge in [0.1, 0.15) is 0 Å². The molecular weight excluding hydrogens is 158 g/mol. The van der Waals surface area contributed by atoms with E-state index in [2.05, 4.69) is 48.7 Å². The summed E-state index contributed by atoms with van der Waals surface area (Å²) in [6, 6.07) is 8.62. The summed E-state index contributed by atoms with van der Waals surface area (Å²) in [6.07, 6.45) is 5.39. The van der Waals surface area contributed by atoms with Gasteiger partial charge in [-0.1, -0.05) is 42.0 Å². The molecule has 1 aromatic carbocycles. The Morgan fingerprint density at radius 1 is 1.31 bits per heavy atom. The number of aryl methyl sites for hydroxylation is 1. The van der Waals surface area contributed by atoms with Crippen LogP contribution in [0, 0.1) is 6.92 Å². The molecule has 1 aromatic rings. The number of hydrogen-bond acceptors (Lipinski definition) is 1. The van der Waals surface area contributed by atoms with Gasteiger partial charge in [-0.15, -0.1) is 0 Å². The maximum atomic E-state index is 3.08. The zero-order valence-corrected chi connectivity index (χ0v) is 8.38. The average Bonchev–Trinajstić information content (AvgIpc) is 2.13. The SMILES string of the molecule is CNC/C=C\Cc1cccc(C)c1. The van der Waals surface area contributed by atoms with Crippen LogP contribution >= 0.6 is 0 Å². The Morgan fingerprint density at radius 2 is 2.15 bits per heavy atom. The van der Waals surface area contributed by atoms with Crippen molar-refractivity contribution in [2.45, 2.75) is 13.3 Å². The van der Waals surface area contributed by atoms with Crippen LogP contribution in [0.4, 0.5) is 0 Å². The van der Waals surface area contributed by atoms with Crippen LogP contribution in [-0.2, 0) is 6.42 Å². The monoisotopic (exact) mass is 175 g/mol. The second-order valence-electron chi connectivity index (χ2n) is 3.22. The Hall–Kier alpha value is -1.08. The highest BCUT2D eigenvalue weighted by atomic mass is 14.8. The molecule has 0 saturated carbocycles. The highest BCUT2D eigenvalue weighted by Gasteiger charge is 1.88. The molecular formula is C12H17N. The fraction of sp³-hybridized carbons (Fsp3) is 0.333. The van der Waals surface area contributed by atoms with Crippen molar-refractivity contribution >= 4 is 0 Å². The van der Waals surface area contributed by atoms with Gasteiger partial charge in [0.25, 0.3) is 0 Å². The molecule has 0 aliphatic carbocycles. The Bertz CT molecular complexity index is 276. The van der Waals surface area contributed by atoms with Gasteiger partial charge in [0, 0.05) is 6.54 Å². The first kappa shape index (κ1) is 10.0. The van der Waals surface area contributed by atoms with E-state index in [1.54, 1.807) is 0 Å². The van der Waals surface area contributed by atoms with Crippen LogP contribution in [0.15, 0.2) is 36.4 Å². The molecule has 0 heterocycles. The van der Waals surface area contributed by atoms with Crippen LogP contribution in [0.2, 0.25) is 0 Å². The predicted molar refractivity (Wildman–Crippen MR) is 57.9 cm³/mol. The van der Waals surface area contributed by atoms with Crippen molar-refractivity contribution in [1.82, 2.24) is 5.32 Å². The molecule has 1 heteroatoms. The predicted octanol–water partition coefficient (Wildman–Crippen LogP) is 2.31. The van der Waals surface area contributed by atoms with E-state index in [4.69, 9.17) is 0 Å². The van der Waals surface area contributed by atoms with Crippen LogP contribution in [-0.4, -0.2) is 13.6 Å². The minimum absolute atomic E-state index is 0.950. The minimum atomic E-state index is 0.950. The van der Waals surface area contributed by atoms with E-state index in [0.29, 0.717) is 0 Å². The molecule has 0 bridgehead atoms. The molecule has 0 spiro atoms. The first-order chi connectivity index (χ1) is 6.33. The molecule has 1 N–H and O–H groups in total. The van der Waals surface area contributed by atoms with Crippen LogP contribution in [0.3, 0.4) is 0 Å². The van der Waals surface area contributed by atoms with Gasteiger partial charge in [-0.25, -0.2) is 0 Å². The average molecular weight is 175 g/mol. The number of rotatable bonds is 4. The number of hydrogen-bond donors (Lipinski definition) is 1. The summed E-state index contributed by atoms with van der Waals surface area (Å²) in [5.74, 6) is 0. The van der Waals surface area contributed by atoms with E-state index in [0.717, 1.165) is 13.0 Å². The maximum absolute atomic E-state index is 3.08. The summed E-state index contributed by atoms with van der Waals surface area (Å²) in [5.41, 5.74) is 2.71. The number of likely N-dealkylation sites (N-methyl/N-ethyl adjacent to an activating group) is 1. The molecule has 0 saturated heterocycles. The molecule has 0 unspecified atom stereocenters. The Balaban J connectivity index is 2.45. The quantitative estimate of drug-likeness (QED) is 0.692. The second kappa shape index (κ2) is 5.55. The van der Waals surface area contributed by atoms with E-state index in [1.165, 1.54) is 11.1 Å². The Morgan fingerprint density at radius 3 is 2.85 bits per heavy atom. The van der Waals surface area contributed by atoms with E-state index < -0.39 is 0 Å². The van der Waals surface area contributed by atoms with Crippen molar-refractivity contribution < 1.29 is 0 Å². The lowest BCUT2D eigenvalue weighted by Gasteiger charge is -1.97. The number of nitrogens with one attached hydrogen (secondary N) is 1. The molecule has 0 aromatic heterocycles. The van der Waals surface area contributed by atoms with Crippen LogP contribution < -0.4 is 5.32 Å². The molecule has 13 heavy (non-hydrogen) atoms. The lowest BCUT2D eigenvalue weighted by Crippen LogP contribution is -2.03. The highest BCUT2D eigenvalue weighted by Crippen LogP contribution is 2.04. The van der Waals surface area contributed by atoms with Gasteiger partial charge in [-0.3, -0.25) is 0 Å². The van der Waals surface area contributed by atoms with Crippen LogP contribution in [0.5, 0.6) is 0 Å². The van der Waals surface area contributed by atoms with Crippen LogP contribution in [0.25, 0.3) is 0 Å². The summed E-state index contributed by atoms with van der Waals surface area (Å²) in [5, 5.41) is 3.08. The number of allylic oxidation sites excluding steroid dienone is 1. The Labute approximate surface area is 80.5 Å². The molecule has 0 amide bonds. The van der Waals surface area contributed by atoms with Gasteiger partial charge in [-0.05, 0) is 26.0 Å². The van der Waals surface area contributed by atoms with E-state index in [9.17, 15) is 0 Å². The summed E-state index contributed by atoms with van der Waals surface area (Å²) < 4.78 is 0. The lowest BCUT2D eigenvalue weighted by atomic mass is 10.1. The third-order valence-corrected chi connectivity index (χ3v) is 1.92. The van der Waals surface area contributed by atoms with Crippen molar-refractivity contribution in [3.8, 4) is 0 Å². The normalized spacial score (nSPS) is 10.9. The van der Waals surface area contributed by atoms with Crippen molar-refractivity contribution in [3.05, 3.63) is 47.5 Å².